The highest BCUT2D eigenvalue weighted by Crippen LogP contribution is 2.37. The van der Waals surface area contributed by atoms with Crippen molar-refractivity contribution >= 4 is 11.9 Å². The lowest BCUT2D eigenvalue weighted by atomic mass is 9.87. The van der Waals surface area contributed by atoms with Crippen LogP contribution < -0.4 is 4.74 Å². The Morgan fingerprint density at radius 1 is 1.16 bits per heavy atom. The van der Waals surface area contributed by atoms with Gasteiger partial charge in [-0.3, -0.25) is 9.59 Å². The molecule has 130 valence electrons. The van der Waals surface area contributed by atoms with Gasteiger partial charge in [0.25, 0.3) is 0 Å². The Hall–Kier alpha value is -2.82. The zero-order chi connectivity index (χ0) is 17.8. The molecule has 1 aliphatic rings. The van der Waals surface area contributed by atoms with Crippen LogP contribution in [0.5, 0.6) is 5.75 Å². The van der Waals surface area contributed by atoms with E-state index < -0.39 is 5.97 Å². The van der Waals surface area contributed by atoms with Crippen molar-refractivity contribution in [3.05, 3.63) is 65.2 Å². The molecule has 1 atom stereocenters. The topological polar surface area (TPSA) is 66.8 Å². The SMILES string of the molecule is COc1ccc2c(c1)C(c1ccccc1)N(C(=O)CCC(=O)O)CC2. The predicted octanol–water partition coefficient (Wildman–Crippen LogP) is 3.03. The van der Waals surface area contributed by atoms with Gasteiger partial charge in [0.05, 0.1) is 19.6 Å². The number of hydrogen-bond acceptors (Lipinski definition) is 3. The Balaban J connectivity index is 2.01. The van der Waals surface area contributed by atoms with Crippen LogP contribution in [0.25, 0.3) is 0 Å². The van der Waals surface area contributed by atoms with Gasteiger partial charge in [-0.2, -0.15) is 0 Å². The molecule has 0 spiro atoms. The number of nitrogens with zero attached hydrogens (tertiary/aromatic N) is 1. The number of fused-ring (bicyclic) bond motifs is 1. The molecule has 1 amide bonds. The van der Waals surface area contributed by atoms with Crippen molar-refractivity contribution in [2.75, 3.05) is 13.7 Å². The van der Waals surface area contributed by atoms with Gasteiger partial charge in [-0.15, -0.1) is 0 Å². The van der Waals surface area contributed by atoms with E-state index in [-0.39, 0.29) is 24.8 Å². The van der Waals surface area contributed by atoms with Crippen LogP contribution in [-0.4, -0.2) is 35.5 Å². The highest BCUT2D eigenvalue weighted by molar-refractivity contribution is 5.81. The summed E-state index contributed by atoms with van der Waals surface area (Å²) < 4.78 is 5.36. The van der Waals surface area contributed by atoms with Gasteiger partial charge in [-0.05, 0) is 35.2 Å². The molecule has 0 fully saturated rings. The first-order valence-corrected chi connectivity index (χ1v) is 8.33. The minimum atomic E-state index is -0.955. The van der Waals surface area contributed by atoms with Crippen LogP contribution >= 0.6 is 0 Å². The van der Waals surface area contributed by atoms with E-state index in [1.54, 1.807) is 12.0 Å². The Kier molecular flexibility index (Phi) is 5.03. The Morgan fingerprint density at radius 3 is 2.60 bits per heavy atom. The van der Waals surface area contributed by atoms with Gasteiger partial charge in [0.1, 0.15) is 5.75 Å². The average molecular weight is 339 g/mol. The molecular weight excluding hydrogens is 318 g/mol. The van der Waals surface area contributed by atoms with Gasteiger partial charge in [0.2, 0.25) is 5.91 Å². The maximum absolute atomic E-state index is 12.7. The predicted molar refractivity (Wildman–Crippen MR) is 93.6 cm³/mol. The fourth-order valence-corrected chi connectivity index (χ4v) is 3.34. The van der Waals surface area contributed by atoms with Crippen molar-refractivity contribution in [1.82, 2.24) is 4.90 Å². The van der Waals surface area contributed by atoms with Crippen LogP contribution in [0.3, 0.4) is 0 Å². The van der Waals surface area contributed by atoms with Crippen LogP contribution in [0.15, 0.2) is 48.5 Å². The van der Waals surface area contributed by atoms with Crippen molar-refractivity contribution in [2.45, 2.75) is 25.3 Å². The number of carboxylic acids is 1. The quantitative estimate of drug-likeness (QED) is 0.909. The number of carbonyl (C=O) groups is 2. The zero-order valence-corrected chi connectivity index (χ0v) is 14.1. The lowest BCUT2D eigenvalue weighted by Crippen LogP contribution is -2.40. The summed E-state index contributed by atoms with van der Waals surface area (Å²) in [4.78, 5) is 25.3. The molecule has 0 aromatic heterocycles. The second-order valence-corrected chi connectivity index (χ2v) is 6.11. The summed E-state index contributed by atoms with van der Waals surface area (Å²) in [5, 5.41) is 8.88. The van der Waals surface area contributed by atoms with Gasteiger partial charge in [-0.1, -0.05) is 36.4 Å². The van der Waals surface area contributed by atoms with Crippen LogP contribution in [0.1, 0.15) is 35.6 Å². The standard InChI is InChI=1S/C20H21NO4/c1-25-16-8-7-14-11-12-21(18(22)9-10-19(23)24)20(17(14)13-16)15-5-3-2-4-6-15/h2-8,13,20H,9-12H2,1H3,(H,23,24). The molecular formula is C20H21NO4. The fourth-order valence-electron chi connectivity index (χ4n) is 3.34. The molecule has 0 bridgehead atoms. The molecule has 0 radical (unpaired) electrons. The van der Waals surface area contributed by atoms with Gasteiger partial charge in [-0.25, -0.2) is 0 Å². The second-order valence-electron chi connectivity index (χ2n) is 6.11. The number of rotatable bonds is 5. The monoisotopic (exact) mass is 339 g/mol. The number of carboxylic acid groups (broad SMARTS) is 1. The van der Waals surface area contributed by atoms with Crippen molar-refractivity contribution < 1.29 is 19.4 Å². The summed E-state index contributed by atoms with van der Waals surface area (Å²) in [5.41, 5.74) is 3.25. The molecule has 1 unspecified atom stereocenters. The van der Waals surface area contributed by atoms with E-state index in [2.05, 4.69) is 0 Å². The molecule has 1 N–H and O–H groups in total. The zero-order valence-electron chi connectivity index (χ0n) is 14.1. The summed E-state index contributed by atoms with van der Waals surface area (Å²) in [5.74, 6) is -0.340. The minimum absolute atomic E-state index is 0.0119. The van der Waals surface area contributed by atoms with Gasteiger partial charge < -0.3 is 14.7 Å². The lowest BCUT2D eigenvalue weighted by molar-refractivity contribution is -0.141. The molecule has 25 heavy (non-hydrogen) atoms. The highest BCUT2D eigenvalue weighted by Gasteiger charge is 2.32. The summed E-state index contributed by atoms with van der Waals surface area (Å²) in [6.07, 6.45) is 0.612. The molecule has 0 saturated carbocycles. The average Bonchev–Trinajstić information content (AvgIpc) is 2.65. The number of benzene rings is 2. The summed E-state index contributed by atoms with van der Waals surface area (Å²) in [6.45, 7) is 0.581. The van der Waals surface area contributed by atoms with Gasteiger partial charge >= 0.3 is 5.97 Å². The second kappa shape index (κ2) is 7.38. The Morgan fingerprint density at radius 2 is 1.92 bits per heavy atom. The first kappa shape index (κ1) is 17.0. The van der Waals surface area contributed by atoms with Gasteiger partial charge in [0, 0.05) is 13.0 Å². The third-order valence-electron chi connectivity index (χ3n) is 4.57. The summed E-state index contributed by atoms with van der Waals surface area (Å²) in [7, 11) is 1.62. The van der Waals surface area contributed by atoms with E-state index in [1.807, 2.05) is 48.5 Å². The number of amides is 1. The smallest absolute Gasteiger partial charge is 0.303 e. The number of aliphatic carboxylic acids is 1. The van der Waals surface area contributed by atoms with Gasteiger partial charge in [0.15, 0.2) is 0 Å². The van der Waals surface area contributed by atoms with Crippen LogP contribution in [0.2, 0.25) is 0 Å². The van der Waals surface area contributed by atoms with E-state index >= 15 is 0 Å². The highest BCUT2D eigenvalue weighted by atomic mass is 16.5. The third-order valence-corrected chi connectivity index (χ3v) is 4.57. The number of hydrogen-bond donors (Lipinski definition) is 1. The number of carbonyl (C=O) groups excluding carboxylic acids is 1. The molecule has 1 heterocycles. The minimum Gasteiger partial charge on any atom is -0.497 e. The van der Waals surface area contributed by atoms with Crippen molar-refractivity contribution in [2.24, 2.45) is 0 Å². The third kappa shape index (κ3) is 3.65. The maximum atomic E-state index is 12.7. The molecule has 0 saturated heterocycles. The van der Waals surface area contributed by atoms with Crippen LogP contribution in [0.4, 0.5) is 0 Å². The molecule has 2 aromatic carbocycles. The molecule has 0 aliphatic carbocycles. The normalized spacial score (nSPS) is 16.2. The van der Waals surface area contributed by atoms with Crippen molar-refractivity contribution in [3.8, 4) is 5.75 Å². The number of methoxy groups -OCH3 is 1. The van der Waals surface area contributed by atoms with E-state index in [0.717, 1.165) is 23.3 Å². The van der Waals surface area contributed by atoms with Crippen molar-refractivity contribution in [1.29, 1.82) is 0 Å². The van der Waals surface area contributed by atoms with E-state index in [4.69, 9.17) is 9.84 Å². The molecule has 1 aliphatic heterocycles. The van der Waals surface area contributed by atoms with E-state index in [1.165, 1.54) is 5.56 Å². The van der Waals surface area contributed by atoms with Crippen LogP contribution in [0, 0.1) is 0 Å². The summed E-state index contributed by atoms with van der Waals surface area (Å²) >= 11 is 0. The van der Waals surface area contributed by atoms with Crippen molar-refractivity contribution in [3.63, 3.8) is 0 Å². The molecule has 5 nitrogen and oxygen atoms in total. The first-order chi connectivity index (χ1) is 12.1. The lowest BCUT2D eigenvalue weighted by Gasteiger charge is -2.38. The Bertz CT molecular complexity index is 773. The largest absolute Gasteiger partial charge is 0.497 e. The molecule has 2 aromatic rings. The first-order valence-electron chi connectivity index (χ1n) is 8.33. The molecule has 3 rings (SSSR count). The molecule has 5 heteroatoms. The van der Waals surface area contributed by atoms with E-state index in [9.17, 15) is 9.59 Å². The Labute approximate surface area is 146 Å². The van der Waals surface area contributed by atoms with E-state index in [0.29, 0.717) is 6.54 Å². The summed E-state index contributed by atoms with van der Waals surface area (Å²) in [6, 6.07) is 15.6. The van der Waals surface area contributed by atoms with Crippen LogP contribution in [-0.2, 0) is 16.0 Å². The fraction of sp³-hybridized carbons (Fsp3) is 0.300. The number of ether oxygens (including phenoxy) is 1. The maximum Gasteiger partial charge on any atom is 0.303 e.